The van der Waals surface area contributed by atoms with E-state index in [9.17, 15) is 0 Å². The second-order valence-corrected chi connectivity index (χ2v) is 5.71. The van der Waals surface area contributed by atoms with Crippen molar-refractivity contribution in [2.45, 2.75) is 31.7 Å². The van der Waals surface area contributed by atoms with Gasteiger partial charge in [0.1, 0.15) is 0 Å². The van der Waals surface area contributed by atoms with Crippen LogP contribution in [0, 0.1) is 6.92 Å². The van der Waals surface area contributed by atoms with Crippen molar-refractivity contribution in [1.29, 1.82) is 0 Å². The molecule has 1 fully saturated rings. The largest absolute Gasteiger partial charge is 0.321 e. The molecular weight excluding hydrogens is 228 g/mol. The number of aryl methyl sites for hydroxylation is 1. The minimum Gasteiger partial charge on any atom is -0.321 e. The zero-order chi connectivity index (χ0) is 11.9. The maximum absolute atomic E-state index is 6.31. The molecule has 3 heteroatoms. The average Bonchev–Trinajstić information content (AvgIpc) is 2.73. The van der Waals surface area contributed by atoms with Crippen molar-refractivity contribution in [3.05, 3.63) is 41.0 Å². The number of rotatable bonds is 2. The van der Waals surface area contributed by atoms with Crippen LogP contribution in [-0.4, -0.2) is 4.98 Å². The average molecular weight is 244 g/mol. The molecule has 1 aromatic heterocycles. The fourth-order valence-electron chi connectivity index (χ4n) is 2.38. The van der Waals surface area contributed by atoms with E-state index in [4.69, 9.17) is 5.73 Å². The third-order valence-corrected chi connectivity index (χ3v) is 4.69. The summed E-state index contributed by atoms with van der Waals surface area (Å²) in [5.41, 5.74) is 11.8. The molecule has 2 nitrogen and oxygen atoms in total. The van der Waals surface area contributed by atoms with Crippen molar-refractivity contribution in [2.24, 2.45) is 5.73 Å². The van der Waals surface area contributed by atoms with Gasteiger partial charge in [-0.3, -0.25) is 0 Å². The standard InChI is InChI=1S/C14H16N2S/c1-10-13(17-9-16-10)11-3-5-12(6-4-11)14(15)7-2-8-14/h3-6,9H,2,7-8,15H2,1H3. The van der Waals surface area contributed by atoms with Gasteiger partial charge in [0.05, 0.1) is 16.1 Å². The zero-order valence-corrected chi connectivity index (χ0v) is 10.8. The molecule has 2 aromatic rings. The van der Waals surface area contributed by atoms with Gasteiger partial charge in [0.2, 0.25) is 0 Å². The second-order valence-electron chi connectivity index (χ2n) is 4.85. The lowest BCUT2D eigenvalue weighted by atomic mass is 9.73. The van der Waals surface area contributed by atoms with E-state index in [1.165, 1.54) is 22.4 Å². The van der Waals surface area contributed by atoms with Crippen molar-refractivity contribution in [3.63, 3.8) is 0 Å². The molecule has 88 valence electrons. The molecule has 0 atom stereocenters. The molecule has 0 saturated heterocycles. The Balaban J connectivity index is 1.93. The summed E-state index contributed by atoms with van der Waals surface area (Å²) in [4.78, 5) is 5.55. The molecule has 0 bridgehead atoms. The minimum atomic E-state index is -0.0543. The van der Waals surface area contributed by atoms with Gasteiger partial charge >= 0.3 is 0 Å². The van der Waals surface area contributed by atoms with Crippen molar-refractivity contribution in [2.75, 3.05) is 0 Å². The molecule has 0 radical (unpaired) electrons. The van der Waals surface area contributed by atoms with Crippen LogP contribution < -0.4 is 5.73 Å². The molecule has 1 aliphatic rings. The lowest BCUT2D eigenvalue weighted by Crippen LogP contribution is -2.43. The van der Waals surface area contributed by atoms with Crippen LogP contribution in [0.1, 0.15) is 30.5 Å². The van der Waals surface area contributed by atoms with Crippen LogP contribution in [0.15, 0.2) is 29.8 Å². The summed E-state index contributed by atoms with van der Waals surface area (Å²) in [6.07, 6.45) is 3.49. The highest BCUT2D eigenvalue weighted by Crippen LogP contribution is 2.39. The molecule has 1 saturated carbocycles. The highest BCUT2D eigenvalue weighted by atomic mass is 32.1. The van der Waals surface area contributed by atoms with Gasteiger partial charge in [-0.25, -0.2) is 4.98 Å². The highest BCUT2D eigenvalue weighted by Gasteiger charge is 2.34. The van der Waals surface area contributed by atoms with Gasteiger partial charge in [-0.1, -0.05) is 24.3 Å². The summed E-state index contributed by atoms with van der Waals surface area (Å²) in [7, 11) is 0. The Morgan fingerprint density at radius 1 is 1.24 bits per heavy atom. The van der Waals surface area contributed by atoms with Crippen LogP contribution in [0.2, 0.25) is 0 Å². The molecule has 0 aliphatic heterocycles. The third-order valence-electron chi connectivity index (χ3n) is 3.71. The first-order valence-electron chi connectivity index (χ1n) is 5.99. The van der Waals surface area contributed by atoms with Gasteiger partial charge in [0.15, 0.2) is 0 Å². The van der Waals surface area contributed by atoms with Gasteiger partial charge in [0, 0.05) is 5.54 Å². The number of nitrogens with two attached hydrogens (primary N) is 1. The normalized spacial score (nSPS) is 17.8. The van der Waals surface area contributed by atoms with Gasteiger partial charge in [-0.05, 0) is 37.3 Å². The maximum atomic E-state index is 6.31. The lowest BCUT2D eigenvalue weighted by molar-refractivity contribution is 0.253. The van der Waals surface area contributed by atoms with Crippen LogP contribution in [0.3, 0.4) is 0 Å². The molecule has 1 aliphatic carbocycles. The number of aromatic nitrogens is 1. The molecule has 1 heterocycles. The Hall–Kier alpha value is -1.19. The summed E-state index contributed by atoms with van der Waals surface area (Å²) in [5, 5.41) is 0. The van der Waals surface area contributed by atoms with Crippen LogP contribution >= 0.6 is 11.3 Å². The first-order chi connectivity index (χ1) is 8.19. The number of benzene rings is 1. The summed E-state index contributed by atoms with van der Waals surface area (Å²) in [6.45, 7) is 2.05. The molecule has 0 amide bonds. The lowest BCUT2D eigenvalue weighted by Gasteiger charge is -2.38. The Bertz CT molecular complexity index is 523. The number of hydrogen-bond donors (Lipinski definition) is 1. The Kier molecular flexibility index (Phi) is 2.53. The third kappa shape index (κ3) is 1.79. The Labute approximate surface area is 106 Å². The second kappa shape index (κ2) is 3.93. The molecule has 17 heavy (non-hydrogen) atoms. The van der Waals surface area contributed by atoms with E-state index in [2.05, 4.69) is 36.2 Å². The van der Waals surface area contributed by atoms with Crippen molar-refractivity contribution in [1.82, 2.24) is 4.98 Å². The fourth-order valence-corrected chi connectivity index (χ4v) is 3.19. The number of hydrogen-bond acceptors (Lipinski definition) is 3. The summed E-state index contributed by atoms with van der Waals surface area (Å²) in [5.74, 6) is 0. The van der Waals surface area contributed by atoms with Gasteiger partial charge in [0.25, 0.3) is 0 Å². The molecule has 0 unspecified atom stereocenters. The quantitative estimate of drug-likeness (QED) is 0.878. The van der Waals surface area contributed by atoms with E-state index >= 15 is 0 Å². The number of nitrogens with zero attached hydrogens (tertiary/aromatic N) is 1. The Morgan fingerprint density at radius 2 is 1.94 bits per heavy atom. The van der Waals surface area contributed by atoms with E-state index < -0.39 is 0 Å². The van der Waals surface area contributed by atoms with E-state index in [-0.39, 0.29) is 5.54 Å². The van der Waals surface area contributed by atoms with E-state index in [0.717, 1.165) is 18.5 Å². The predicted octanol–water partition coefficient (Wildman–Crippen LogP) is 3.46. The van der Waals surface area contributed by atoms with Crippen LogP contribution in [0.25, 0.3) is 10.4 Å². The SMILES string of the molecule is Cc1ncsc1-c1ccc(C2(N)CCC2)cc1. The summed E-state index contributed by atoms with van der Waals surface area (Å²) in [6, 6.07) is 8.69. The first kappa shape index (κ1) is 10.9. The van der Waals surface area contributed by atoms with Gasteiger partial charge in [-0.15, -0.1) is 11.3 Å². The molecule has 1 aromatic carbocycles. The van der Waals surface area contributed by atoms with Crippen molar-refractivity contribution < 1.29 is 0 Å². The monoisotopic (exact) mass is 244 g/mol. The maximum Gasteiger partial charge on any atom is 0.0801 e. The van der Waals surface area contributed by atoms with Crippen molar-refractivity contribution >= 4 is 11.3 Å². The van der Waals surface area contributed by atoms with Crippen LogP contribution in [-0.2, 0) is 5.54 Å². The van der Waals surface area contributed by atoms with Gasteiger partial charge in [-0.2, -0.15) is 0 Å². The van der Waals surface area contributed by atoms with E-state index in [1.54, 1.807) is 11.3 Å². The van der Waals surface area contributed by atoms with Gasteiger partial charge < -0.3 is 5.73 Å². The van der Waals surface area contributed by atoms with Crippen LogP contribution in [0.5, 0.6) is 0 Å². The molecule has 0 spiro atoms. The van der Waals surface area contributed by atoms with E-state index in [1.807, 2.05) is 5.51 Å². The highest BCUT2D eigenvalue weighted by molar-refractivity contribution is 7.13. The fraction of sp³-hybridized carbons (Fsp3) is 0.357. The molecule has 2 N–H and O–H groups in total. The smallest absolute Gasteiger partial charge is 0.0801 e. The number of thiazole rings is 1. The Morgan fingerprint density at radius 3 is 2.41 bits per heavy atom. The van der Waals surface area contributed by atoms with Crippen LogP contribution in [0.4, 0.5) is 0 Å². The summed E-state index contributed by atoms with van der Waals surface area (Å²) < 4.78 is 0. The van der Waals surface area contributed by atoms with E-state index in [0.29, 0.717) is 0 Å². The topological polar surface area (TPSA) is 38.9 Å². The minimum absolute atomic E-state index is 0.0543. The zero-order valence-electron chi connectivity index (χ0n) is 9.94. The van der Waals surface area contributed by atoms with Crippen molar-refractivity contribution in [3.8, 4) is 10.4 Å². The predicted molar refractivity (Wildman–Crippen MR) is 72.0 cm³/mol. The first-order valence-corrected chi connectivity index (χ1v) is 6.87. The summed E-state index contributed by atoms with van der Waals surface area (Å²) >= 11 is 1.69. The molecule has 3 rings (SSSR count). The molecular formula is C14H16N2S.